The van der Waals surface area contributed by atoms with Gasteiger partial charge in [0.15, 0.2) is 0 Å². The van der Waals surface area contributed by atoms with Gasteiger partial charge < -0.3 is 10.3 Å². The van der Waals surface area contributed by atoms with Crippen LogP contribution in [0.15, 0.2) is 12.3 Å². The monoisotopic (exact) mass is 246 g/mol. The molecule has 18 heavy (non-hydrogen) atoms. The van der Waals surface area contributed by atoms with E-state index in [1.807, 2.05) is 0 Å². The molecular formula is C16H26N2. The third-order valence-corrected chi connectivity index (χ3v) is 5.13. The second-order valence-corrected chi connectivity index (χ2v) is 6.59. The molecule has 2 N–H and O–H groups in total. The van der Waals surface area contributed by atoms with Gasteiger partial charge in [-0.1, -0.05) is 13.8 Å². The zero-order valence-electron chi connectivity index (χ0n) is 11.7. The summed E-state index contributed by atoms with van der Waals surface area (Å²) in [5.74, 6) is 1.72. The Morgan fingerprint density at radius 3 is 2.83 bits per heavy atom. The first kappa shape index (κ1) is 12.3. The molecule has 0 radical (unpaired) electrons. The van der Waals surface area contributed by atoms with Gasteiger partial charge in [0.25, 0.3) is 0 Å². The minimum atomic E-state index is 0.285. The number of nitrogens with zero attached hydrogens (tertiary/aromatic N) is 1. The molecule has 0 spiro atoms. The van der Waals surface area contributed by atoms with Crippen molar-refractivity contribution in [1.29, 1.82) is 0 Å². The molecule has 0 aliphatic heterocycles. The molecule has 0 bridgehead atoms. The van der Waals surface area contributed by atoms with Crippen molar-refractivity contribution in [3.63, 3.8) is 0 Å². The smallest absolute Gasteiger partial charge is 0.0359 e. The molecule has 0 saturated heterocycles. The van der Waals surface area contributed by atoms with E-state index in [1.165, 1.54) is 37.7 Å². The van der Waals surface area contributed by atoms with E-state index >= 15 is 0 Å². The molecule has 2 aliphatic rings. The first-order valence-electron chi connectivity index (χ1n) is 7.62. The molecule has 1 aromatic rings. The van der Waals surface area contributed by atoms with E-state index in [-0.39, 0.29) is 6.04 Å². The normalized spacial score (nSPS) is 36.4. The topological polar surface area (TPSA) is 30.9 Å². The fourth-order valence-corrected chi connectivity index (χ4v) is 4.13. The first-order valence-corrected chi connectivity index (χ1v) is 7.62. The van der Waals surface area contributed by atoms with E-state index in [4.69, 9.17) is 5.73 Å². The van der Waals surface area contributed by atoms with Crippen LogP contribution < -0.4 is 5.73 Å². The minimum absolute atomic E-state index is 0.285. The van der Waals surface area contributed by atoms with Gasteiger partial charge in [-0.15, -0.1) is 0 Å². The second-order valence-electron chi connectivity index (χ2n) is 6.59. The largest absolute Gasteiger partial charge is 0.348 e. The lowest BCUT2D eigenvalue weighted by molar-refractivity contribution is 0.204. The van der Waals surface area contributed by atoms with E-state index < -0.39 is 0 Å². The van der Waals surface area contributed by atoms with E-state index in [2.05, 4.69) is 30.7 Å². The average Bonchev–Trinajstić information content (AvgIpc) is 2.74. The maximum absolute atomic E-state index is 6.23. The van der Waals surface area contributed by atoms with Crippen LogP contribution in [0.1, 0.15) is 69.3 Å². The van der Waals surface area contributed by atoms with Crippen molar-refractivity contribution in [3.8, 4) is 0 Å². The molecule has 3 rings (SSSR count). The molecule has 1 fully saturated rings. The van der Waals surface area contributed by atoms with Gasteiger partial charge in [-0.3, -0.25) is 0 Å². The van der Waals surface area contributed by atoms with Gasteiger partial charge in [-0.05, 0) is 62.0 Å². The lowest BCUT2D eigenvalue weighted by Gasteiger charge is -2.35. The summed E-state index contributed by atoms with van der Waals surface area (Å²) in [6.07, 6.45) is 10.1. The van der Waals surface area contributed by atoms with E-state index in [0.29, 0.717) is 0 Å². The molecule has 0 aromatic carbocycles. The van der Waals surface area contributed by atoms with Crippen molar-refractivity contribution in [2.75, 3.05) is 0 Å². The Kier molecular flexibility index (Phi) is 3.23. The van der Waals surface area contributed by atoms with Crippen LogP contribution in [0, 0.1) is 11.8 Å². The lowest BCUT2D eigenvalue weighted by atomic mass is 9.79. The molecular weight excluding hydrogens is 220 g/mol. The highest BCUT2D eigenvalue weighted by Gasteiger charge is 2.29. The molecule has 2 aliphatic carbocycles. The van der Waals surface area contributed by atoms with Gasteiger partial charge in [-0.2, -0.15) is 0 Å². The molecule has 2 heteroatoms. The van der Waals surface area contributed by atoms with Crippen LogP contribution >= 0.6 is 0 Å². The van der Waals surface area contributed by atoms with Gasteiger partial charge in [0.05, 0.1) is 0 Å². The Bertz CT molecular complexity index is 421. The lowest BCUT2D eigenvalue weighted by Crippen LogP contribution is -2.27. The number of aromatic nitrogens is 1. The highest BCUT2D eigenvalue weighted by molar-refractivity contribution is 5.29. The zero-order chi connectivity index (χ0) is 12.7. The Labute approximate surface area is 111 Å². The van der Waals surface area contributed by atoms with Crippen LogP contribution in [0.2, 0.25) is 0 Å². The highest BCUT2D eigenvalue weighted by atomic mass is 15.0. The van der Waals surface area contributed by atoms with Crippen molar-refractivity contribution in [2.45, 2.75) is 64.5 Å². The summed E-state index contributed by atoms with van der Waals surface area (Å²) in [7, 11) is 0. The summed E-state index contributed by atoms with van der Waals surface area (Å²) >= 11 is 0. The Morgan fingerprint density at radius 2 is 2.06 bits per heavy atom. The average molecular weight is 246 g/mol. The molecule has 4 unspecified atom stereocenters. The summed E-state index contributed by atoms with van der Waals surface area (Å²) in [5.41, 5.74) is 9.20. The number of nitrogens with two attached hydrogens (primary N) is 1. The molecule has 0 amide bonds. The number of hydrogen-bond acceptors (Lipinski definition) is 1. The van der Waals surface area contributed by atoms with Gasteiger partial charge in [0, 0.05) is 24.0 Å². The molecule has 1 heterocycles. The molecule has 4 atom stereocenters. The number of hydrogen-bond donors (Lipinski definition) is 1. The summed E-state index contributed by atoms with van der Waals surface area (Å²) in [6.45, 7) is 4.82. The molecule has 1 aromatic heterocycles. The summed E-state index contributed by atoms with van der Waals surface area (Å²) < 4.78 is 2.57. The molecule has 2 nitrogen and oxygen atoms in total. The molecule has 100 valence electrons. The van der Waals surface area contributed by atoms with Crippen molar-refractivity contribution in [1.82, 2.24) is 4.57 Å². The summed E-state index contributed by atoms with van der Waals surface area (Å²) in [5, 5.41) is 0. The standard InChI is InChI=1S/C16H26N2/c1-11-6-7-15(12(2)10-11)18-9-8-13-14(17)4-3-5-16(13)18/h8-9,11-12,14-15H,3-7,10,17H2,1-2H3. The predicted molar refractivity (Wildman–Crippen MR) is 75.5 cm³/mol. The quantitative estimate of drug-likeness (QED) is 0.802. The van der Waals surface area contributed by atoms with Crippen LogP contribution in [0.3, 0.4) is 0 Å². The first-order chi connectivity index (χ1) is 8.66. The fourth-order valence-electron chi connectivity index (χ4n) is 4.13. The van der Waals surface area contributed by atoms with E-state index in [1.54, 1.807) is 5.69 Å². The third-order valence-electron chi connectivity index (χ3n) is 5.13. The summed E-state index contributed by atoms with van der Waals surface area (Å²) in [6, 6.07) is 3.28. The van der Waals surface area contributed by atoms with Crippen molar-refractivity contribution in [3.05, 3.63) is 23.5 Å². The van der Waals surface area contributed by atoms with Crippen LogP contribution in [-0.4, -0.2) is 4.57 Å². The minimum Gasteiger partial charge on any atom is -0.348 e. The van der Waals surface area contributed by atoms with Gasteiger partial charge in [0.1, 0.15) is 0 Å². The number of rotatable bonds is 1. The molecule has 1 saturated carbocycles. The van der Waals surface area contributed by atoms with Crippen LogP contribution in [-0.2, 0) is 6.42 Å². The van der Waals surface area contributed by atoms with Gasteiger partial charge >= 0.3 is 0 Å². The Balaban J connectivity index is 1.88. The Hall–Kier alpha value is -0.760. The maximum Gasteiger partial charge on any atom is 0.0359 e. The van der Waals surface area contributed by atoms with Crippen LogP contribution in [0.5, 0.6) is 0 Å². The third kappa shape index (κ3) is 2.01. The van der Waals surface area contributed by atoms with Gasteiger partial charge in [-0.25, -0.2) is 0 Å². The van der Waals surface area contributed by atoms with Crippen molar-refractivity contribution in [2.24, 2.45) is 17.6 Å². The number of fused-ring (bicyclic) bond motifs is 1. The SMILES string of the molecule is CC1CCC(n2ccc3c2CCCC3N)C(C)C1. The van der Waals surface area contributed by atoms with Crippen LogP contribution in [0.4, 0.5) is 0 Å². The summed E-state index contributed by atoms with van der Waals surface area (Å²) in [4.78, 5) is 0. The van der Waals surface area contributed by atoms with Crippen molar-refractivity contribution >= 4 is 0 Å². The predicted octanol–water partition coefficient (Wildman–Crippen LogP) is 3.82. The highest BCUT2D eigenvalue weighted by Crippen LogP contribution is 2.40. The Morgan fingerprint density at radius 1 is 1.22 bits per heavy atom. The van der Waals surface area contributed by atoms with Crippen LogP contribution in [0.25, 0.3) is 0 Å². The van der Waals surface area contributed by atoms with E-state index in [0.717, 1.165) is 24.3 Å². The van der Waals surface area contributed by atoms with Crippen molar-refractivity contribution < 1.29 is 0 Å². The maximum atomic E-state index is 6.23. The fraction of sp³-hybridized carbons (Fsp3) is 0.750. The van der Waals surface area contributed by atoms with E-state index in [9.17, 15) is 0 Å². The second kappa shape index (κ2) is 4.73. The van der Waals surface area contributed by atoms with Gasteiger partial charge in [0.2, 0.25) is 0 Å². The zero-order valence-corrected chi connectivity index (χ0v) is 11.7.